The lowest BCUT2D eigenvalue weighted by Gasteiger charge is -2.13. The number of ether oxygens (including phenoxy) is 2. The normalized spacial score (nSPS) is 13.2. The van der Waals surface area contributed by atoms with Crippen molar-refractivity contribution in [2.24, 2.45) is 0 Å². The van der Waals surface area contributed by atoms with E-state index >= 15 is 0 Å². The molecule has 5 rings (SSSR count). The maximum Gasteiger partial charge on any atom is 0.249 e. The summed E-state index contributed by atoms with van der Waals surface area (Å²) in [6.07, 6.45) is 0.462. The summed E-state index contributed by atoms with van der Waals surface area (Å²) in [5.74, 6) is -0.244. The van der Waals surface area contributed by atoms with Crippen LogP contribution < -0.4 is 4.74 Å². The molecular weight excluding hydrogens is 397 g/mol. The molecule has 31 heavy (non-hydrogen) atoms. The van der Waals surface area contributed by atoms with Gasteiger partial charge in [0.1, 0.15) is 6.61 Å². The van der Waals surface area contributed by atoms with Crippen molar-refractivity contribution in [3.05, 3.63) is 70.8 Å². The van der Waals surface area contributed by atoms with E-state index in [0.29, 0.717) is 19.5 Å². The molecule has 0 spiro atoms. The second-order valence-electron chi connectivity index (χ2n) is 7.73. The molecule has 2 aromatic carbocycles. The van der Waals surface area contributed by atoms with Crippen molar-refractivity contribution < 1.29 is 18.7 Å². The van der Waals surface area contributed by atoms with Crippen molar-refractivity contribution in [3.63, 3.8) is 0 Å². The molecular formula is C24H22FN3O3. The minimum absolute atomic E-state index is 0.0446. The fourth-order valence-electron chi connectivity index (χ4n) is 4.36. The van der Waals surface area contributed by atoms with E-state index in [1.807, 2.05) is 24.3 Å². The Labute approximate surface area is 178 Å². The van der Waals surface area contributed by atoms with Crippen LogP contribution in [0.15, 0.2) is 42.5 Å². The van der Waals surface area contributed by atoms with Crippen molar-refractivity contribution in [1.29, 1.82) is 0 Å². The number of halogens is 1. The Morgan fingerprint density at radius 2 is 2.03 bits per heavy atom. The Morgan fingerprint density at radius 1 is 1.19 bits per heavy atom. The van der Waals surface area contributed by atoms with Crippen molar-refractivity contribution in [1.82, 2.24) is 14.9 Å². The van der Waals surface area contributed by atoms with E-state index in [4.69, 9.17) is 14.5 Å². The zero-order chi connectivity index (χ0) is 21.5. The summed E-state index contributed by atoms with van der Waals surface area (Å²) in [6.45, 7) is 0.986. The van der Waals surface area contributed by atoms with Gasteiger partial charge in [0, 0.05) is 41.9 Å². The maximum atomic E-state index is 14.3. The predicted molar refractivity (Wildman–Crippen MR) is 115 cm³/mol. The summed E-state index contributed by atoms with van der Waals surface area (Å²) in [4.78, 5) is 22.6. The van der Waals surface area contributed by atoms with Crippen LogP contribution in [0.5, 0.6) is 5.75 Å². The zero-order valence-electron chi connectivity index (χ0n) is 17.4. The molecule has 6 nitrogen and oxygen atoms in total. The number of carbonyl (C=O) groups is 1. The standard InChI is InChI=1S/C24H22FN3O3/c1-30-13-22(29)28-11-16-20(12-28)26-19(10-14-7-8-21(31-2)17(25)9-14)24-23(16)15-5-3-4-6-18(15)27-24/h3-9,27H,10-13H2,1-2H3. The van der Waals surface area contributed by atoms with E-state index in [9.17, 15) is 9.18 Å². The molecule has 0 radical (unpaired) electrons. The number of methoxy groups -OCH3 is 2. The molecule has 4 aromatic rings. The van der Waals surface area contributed by atoms with Crippen molar-refractivity contribution in [3.8, 4) is 5.75 Å². The van der Waals surface area contributed by atoms with Gasteiger partial charge in [-0.1, -0.05) is 24.3 Å². The van der Waals surface area contributed by atoms with Crippen LogP contribution in [-0.2, 0) is 29.0 Å². The molecule has 0 fully saturated rings. The number of para-hydroxylation sites is 1. The molecule has 3 heterocycles. The highest BCUT2D eigenvalue weighted by atomic mass is 19.1. The largest absolute Gasteiger partial charge is 0.494 e. The Balaban J connectivity index is 1.64. The summed E-state index contributed by atoms with van der Waals surface area (Å²) in [5, 5.41) is 2.18. The van der Waals surface area contributed by atoms with Crippen LogP contribution in [0.2, 0.25) is 0 Å². The first-order valence-electron chi connectivity index (χ1n) is 10.1. The molecule has 0 unspecified atom stereocenters. The molecule has 1 aliphatic heterocycles. The monoisotopic (exact) mass is 419 g/mol. The lowest BCUT2D eigenvalue weighted by molar-refractivity contribution is -0.135. The number of amides is 1. The summed E-state index contributed by atoms with van der Waals surface area (Å²) in [7, 11) is 2.97. The molecule has 158 valence electrons. The minimum Gasteiger partial charge on any atom is -0.494 e. The van der Waals surface area contributed by atoms with Crippen LogP contribution >= 0.6 is 0 Å². The van der Waals surface area contributed by atoms with Gasteiger partial charge in [0.05, 0.1) is 30.6 Å². The van der Waals surface area contributed by atoms with Gasteiger partial charge in [-0.2, -0.15) is 0 Å². The molecule has 1 amide bonds. The number of fused-ring (bicyclic) bond motifs is 5. The molecule has 2 aromatic heterocycles. The lowest BCUT2D eigenvalue weighted by atomic mass is 10.0. The molecule has 1 N–H and O–H groups in total. The first kappa shape index (κ1) is 19.5. The van der Waals surface area contributed by atoms with Gasteiger partial charge < -0.3 is 19.4 Å². The van der Waals surface area contributed by atoms with E-state index in [1.54, 1.807) is 11.0 Å². The molecule has 7 heteroatoms. The Morgan fingerprint density at radius 3 is 2.81 bits per heavy atom. The molecule has 1 aliphatic rings. The smallest absolute Gasteiger partial charge is 0.249 e. The molecule has 0 saturated heterocycles. The number of hydrogen-bond donors (Lipinski definition) is 1. The quantitative estimate of drug-likeness (QED) is 0.532. The Kier molecular flexibility index (Phi) is 4.82. The van der Waals surface area contributed by atoms with E-state index < -0.39 is 5.82 Å². The minimum atomic E-state index is -0.398. The van der Waals surface area contributed by atoms with Gasteiger partial charge in [-0.3, -0.25) is 9.78 Å². The molecule has 0 atom stereocenters. The highest BCUT2D eigenvalue weighted by molar-refractivity contribution is 6.10. The summed E-state index contributed by atoms with van der Waals surface area (Å²) < 4.78 is 24.3. The Bertz CT molecular complexity index is 1310. The number of nitrogens with zero attached hydrogens (tertiary/aromatic N) is 2. The number of aromatic nitrogens is 2. The van der Waals surface area contributed by atoms with Crippen LogP contribution in [0.1, 0.15) is 22.5 Å². The third-order valence-electron chi connectivity index (χ3n) is 5.81. The lowest BCUT2D eigenvalue weighted by Crippen LogP contribution is -2.28. The number of rotatable bonds is 5. The van der Waals surface area contributed by atoms with Gasteiger partial charge >= 0.3 is 0 Å². The second kappa shape index (κ2) is 7.67. The van der Waals surface area contributed by atoms with Gasteiger partial charge in [-0.25, -0.2) is 4.39 Å². The number of aromatic amines is 1. The van der Waals surface area contributed by atoms with Crippen LogP contribution in [0, 0.1) is 5.82 Å². The van der Waals surface area contributed by atoms with E-state index in [2.05, 4.69) is 11.1 Å². The fraction of sp³-hybridized carbons (Fsp3) is 0.250. The number of nitrogens with one attached hydrogen (secondary N) is 1. The molecule has 0 bridgehead atoms. The zero-order valence-corrected chi connectivity index (χ0v) is 17.4. The first-order chi connectivity index (χ1) is 15.1. The van der Waals surface area contributed by atoms with Gasteiger partial charge in [0.2, 0.25) is 5.91 Å². The predicted octanol–water partition coefficient (Wildman–Crippen LogP) is 3.94. The highest BCUT2D eigenvalue weighted by Gasteiger charge is 2.29. The van der Waals surface area contributed by atoms with Gasteiger partial charge in [0.15, 0.2) is 11.6 Å². The van der Waals surface area contributed by atoms with Crippen LogP contribution in [0.25, 0.3) is 21.8 Å². The number of H-pyrrole nitrogens is 1. The first-order valence-corrected chi connectivity index (χ1v) is 10.1. The number of benzene rings is 2. The van der Waals surface area contributed by atoms with Gasteiger partial charge in [-0.15, -0.1) is 0 Å². The molecule has 0 saturated carbocycles. The van der Waals surface area contributed by atoms with Crippen LogP contribution in [0.3, 0.4) is 0 Å². The average Bonchev–Trinajstić information content (AvgIpc) is 3.35. The SMILES string of the molecule is COCC(=O)N1Cc2nc(Cc3ccc(OC)c(F)c3)c3[nH]c4ccccc4c3c2C1. The van der Waals surface area contributed by atoms with E-state index in [0.717, 1.165) is 44.3 Å². The third-order valence-corrected chi connectivity index (χ3v) is 5.81. The average molecular weight is 419 g/mol. The number of carbonyl (C=O) groups excluding carboxylic acids is 1. The number of pyridine rings is 1. The summed E-state index contributed by atoms with van der Waals surface area (Å²) >= 11 is 0. The summed E-state index contributed by atoms with van der Waals surface area (Å²) in [5.41, 5.74) is 5.51. The van der Waals surface area contributed by atoms with Gasteiger partial charge in [0.25, 0.3) is 0 Å². The van der Waals surface area contributed by atoms with Crippen LogP contribution in [-0.4, -0.2) is 41.6 Å². The van der Waals surface area contributed by atoms with Gasteiger partial charge in [-0.05, 0) is 23.8 Å². The van der Waals surface area contributed by atoms with E-state index in [1.165, 1.54) is 20.3 Å². The second-order valence-corrected chi connectivity index (χ2v) is 7.73. The third kappa shape index (κ3) is 3.31. The maximum absolute atomic E-state index is 14.3. The van der Waals surface area contributed by atoms with E-state index in [-0.39, 0.29) is 18.3 Å². The van der Waals surface area contributed by atoms with Crippen LogP contribution in [0.4, 0.5) is 4.39 Å². The molecule has 0 aliphatic carbocycles. The van der Waals surface area contributed by atoms with Crippen molar-refractivity contribution >= 4 is 27.7 Å². The number of hydrogen-bond acceptors (Lipinski definition) is 4. The van der Waals surface area contributed by atoms with Crippen molar-refractivity contribution in [2.75, 3.05) is 20.8 Å². The summed E-state index contributed by atoms with van der Waals surface area (Å²) in [6, 6.07) is 13.1. The van der Waals surface area contributed by atoms with Crippen molar-refractivity contribution in [2.45, 2.75) is 19.5 Å². The fourth-order valence-corrected chi connectivity index (χ4v) is 4.36. The highest BCUT2D eigenvalue weighted by Crippen LogP contribution is 2.36. The topological polar surface area (TPSA) is 67.4 Å². The Hall–Kier alpha value is -3.45.